The first-order valence-electron chi connectivity index (χ1n) is 9.88. The average Bonchev–Trinajstić information content (AvgIpc) is 3.40. The van der Waals surface area contributed by atoms with Crippen LogP contribution in [0, 0.1) is 0 Å². The maximum absolute atomic E-state index is 13.3. The average molecular weight is 471 g/mol. The molecule has 176 valence electrons. The third-order valence-corrected chi connectivity index (χ3v) is 6.46. The highest BCUT2D eigenvalue weighted by Gasteiger charge is 2.32. The summed E-state index contributed by atoms with van der Waals surface area (Å²) in [4.78, 5) is 34.5. The predicted molar refractivity (Wildman–Crippen MR) is 111 cm³/mol. The number of aliphatic hydroxyl groups is 1. The van der Waals surface area contributed by atoms with Crippen LogP contribution >= 0.6 is 0 Å². The third-order valence-electron chi connectivity index (χ3n) is 4.84. The molecule has 1 aliphatic carbocycles. The van der Waals surface area contributed by atoms with E-state index in [2.05, 4.69) is 20.0 Å². The van der Waals surface area contributed by atoms with Gasteiger partial charge in [-0.25, -0.2) is 23.0 Å². The molecule has 1 heterocycles. The monoisotopic (exact) mass is 471 g/mol. The SMILES string of the molecule is COC(=O)Nc1nc2ccc(S(=O)(=O)N(CC(O)CNC(=O)O)OC3CCCC3)cc2[nH]1. The number of methoxy groups -OCH3 is 1. The van der Waals surface area contributed by atoms with Crippen LogP contribution in [0.1, 0.15) is 25.7 Å². The molecule has 0 spiro atoms. The van der Waals surface area contributed by atoms with Crippen LogP contribution in [-0.2, 0) is 19.6 Å². The number of carboxylic acid groups (broad SMARTS) is 1. The molecular formula is C18H25N5O8S. The highest BCUT2D eigenvalue weighted by molar-refractivity contribution is 7.89. The lowest BCUT2D eigenvalue weighted by Crippen LogP contribution is -2.43. The lowest BCUT2D eigenvalue weighted by Gasteiger charge is -2.26. The number of nitrogens with zero attached hydrogens (tertiary/aromatic N) is 2. The molecule has 5 N–H and O–H groups in total. The molecule has 14 heteroatoms. The van der Waals surface area contributed by atoms with E-state index >= 15 is 0 Å². The van der Waals surface area contributed by atoms with E-state index in [4.69, 9.17) is 9.94 Å². The highest BCUT2D eigenvalue weighted by atomic mass is 32.2. The number of aromatic amines is 1. The minimum atomic E-state index is -4.22. The fraction of sp³-hybridized carbons (Fsp3) is 0.500. The second-order valence-corrected chi connectivity index (χ2v) is 9.05. The molecule has 0 saturated heterocycles. The van der Waals surface area contributed by atoms with Crippen molar-refractivity contribution in [2.75, 3.05) is 25.5 Å². The van der Waals surface area contributed by atoms with Gasteiger partial charge < -0.3 is 25.3 Å². The largest absolute Gasteiger partial charge is 0.465 e. The lowest BCUT2D eigenvalue weighted by atomic mass is 10.3. The molecule has 1 atom stereocenters. The number of H-pyrrole nitrogens is 1. The van der Waals surface area contributed by atoms with E-state index in [1.165, 1.54) is 25.3 Å². The van der Waals surface area contributed by atoms with Crippen LogP contribution in [0.3, 0.4) is 0 Å². The number of carbonyl (C=O) groups is 2. The fourth-order valence-corrected chi connectivity index (χ4v) is 4.62. The minimum absolute atomic E-state index is 0.0793. The maximum atomic E-state index is 13.3. The Balaban J connectivity index is 1.85. The Kier molecular flexibility index (Phi) is 7.50. The van der Waals surface area contributed by atoms with E-state index in [9.17, 15) is 23.1 Å². The highest BCUT2D eigenvalue weighted by Crippen LogP contribution is 2.27. The van der Waals surface area contributed by atoms with Crippen LogP contribution in [0.15, 0.2) is 23.1 Å². The minimum Gasteiger partial charge on any atom is -0.465 e. The maximum Gasteiger partial charge on any atom is 0.413 e. The van der Waals surface area contributed by atoms with Crippen molar-refractivity contribution < 1.29 is 37.8 Å². The van der Waals surface area contributed by atoms with Gasteiger partial charge in [0.05, 0.1) is 41.8 Å². The molecule has 2 aromatic rings. The Morgan fingerprint density at radius 2 is 2.06 bits per heavy atom. The molecule has 32 heavy (non-hydrogen) atoms. The standard InChI is InChI=1S/C18H25N5O8S/c1-30-18(27)22-16-20-14-7-6-13(8-15(14)21-16)32(28,29)23(31-12-4-2-3-5-12)10-11(24)9-19-17(25)26/h6-8,11-12,19,24H,2-5,9-10H2,1H3,(H,25,26)(H2,20,21,22,27). The number of aromatic nitrogens is 2. The molecule has 1 aromatic heterocycles. The second kappa shape index (κ2) is 10.1. The number of hydrogen-bond acceptors (Lipinski definition) is 8. The van der Waals surface area contributed by atoms with E-state index in [-0.39, 0.29) is 23.5 Å². The van der Waals surface area contributed by atoms with E-state index in [1.54, 1.807) is 0 Å². The van der Waals surface area contributed by atoms with Gasteiger partial charge in [0.1, 0.15) is 0 Å². The van der Waals surface area contributed by atoms with Crippen molar-refractivity contribution >= 4 is 39.2 Å². The van der Waals surface area contributed by atoms with Gasteiger partial charge in [0.2, 0.25) is 5.95 Å². The summed E-state index contributed by atoms with van der Waals surface area (Å²) in [6.45, 7) is -0.827. The number of imidazole rings is 1. The number of anilines is 1. The van der Waals surface area contributed by atoms with Crippen LogP contribution in [0.4, 0.5) is 15.5 Å². The topological polar surface area (TPSA) is 183 Å². The zero-order valence-electron chi connectivity index (χ0n) is 17.3. The second-order valence-electron chi connectivity index (χ2n) is 7.22. The summed E-state index contributed by atoms with van der Waals surface area (Å²) in [6.07, 6.45) is -0.566. The van der Waals surface area contributed by atoms with Gasteiger partial charge >= 0.3 is 12.2 Å². The number of hydrogen-bond donors (Lipinski definition) is 5. The fourth-order valence-electron chi connectivity index (χ4n) is 3.27. The Morgan fingerprint density at radius 3 is 2.72 bits per heavy atom. The summed E-state index contributed by atoms with van der Waals surface area (Å²) in [5.74, 6) is 0.0793. The van der Waals surface area contributed by atoms with Gasteiger partial charge in [0.15, 0.2) is 0 Å². The quantitative estimate of drug-likeness (QED) is 0.336. The molecule has 1 aliphatic rings. The van der Waals surface area contributed by atoms with Crippen LogP contribution < -0.4 is 10.6 Å². The van der Waals surface area contributed by atoms with Gasteiger partial charge in [0, 0.05) is 6.54 Å². The number of nitrogens with one attached hydrogen (secondary N) is 3. The summed E-state index contributed by atoms with van der Waals surface area (Å²) in [6, 6.07) is 4.11. The van der Waals surface area contributed by atoms with Crippen molar-refractivity contribution in [1.82, 2.24) is 19.8 Å². The number of sulfonamides is 1. The zero-order valence-corrected chi connectivity index (χ0v) is 18.1. The van der Waals surface area contributed by atoms with Gasteiger partial charge in [-0.2, -0.15) is 0 Å². The number of aliphatic hydroxyl groups excluding tert-OH is 1. The van der Waals surface area contributed by atoms with Crippen LogP contribution in [0.25, 0.3) is 11.0 Å². The number of hydroxylamine groups is 1. The van der Waals surface area contributed by atoms with E-state index in [0.717, 1.165) is 12.8 Å². The van der Waals surface area contributed by atoms with E-state index in [1.807, 2.05) is 5.32 Å². The Bertz CT molecular complexity index is 1070. The molecule has 1 aromatic carbocycles. The number of rotatable bonds is 9. The molecule has 1 saturated carbocycles. The van der Waals surface area contributed by atoms with Gasteiger partial charge in [-0.05, 0) is 31.0 Å². The van der Waals surface area contributed by atoms with Crippen LogP contribution in [0.2, 0.25) is 0 Å². The predicted octanol–water partition coefficient (Wildman–Crippen LogP) is 1.23. The van der Waals surface area contributed by atoms with E-state index in [0.29, 0.717) is 28.3 Å². The van der Waals surface area contributed by atoms with Crippen molar-refractivity contribution in [3.8, 4) is 0 Å². The van der Waals surface area contributed by atoms with Crippen LogP contribution in [-0.4, -0.2) is 77.7 Å². The molecular weight excluding hydrogens is 446 g/mol. The smallest absolute Gasteiger partial charge is 0.413 e. The first-order valence-corrected chi connectivity index (χ1v) is 11.3. The van der Waals surface area contributed by atoms with Gasteiger partial charge in [0.25, 0.3) is 10.0 Å². The molecule has 0 bridgehead atoms. The van der Waals surface area contributed by atoms with Crippen molar-refractivity contribution in [3.05, 3.63) is 18.2 Å². The number of amides is 2. The Morgan fingerprint density at radius 1 is 1.34 bits per heavy atom. The summed E-state index contributed by atoms with van der Waals surface area (Å²) in [5.41, 5.74) is 0.746. The van der Waals surface area contributed by atoms with Gasteiger partial charge in [-0.1, -0.05) is 17.3 Å². The van der Waals surface area contributed by atoms with Crippen molar-refractivity contribution in [1.29, 1.82) is 0 Å². The molecule has 0 radical (unpaired) electrons. The first-order chi connectivity index (χ1) is 15.2. The number of benzene rings is 1. The van der Waals surface area contributed by atoms with Gasteiger partial charge in [-0.3, -0.25) is 10.2 Å². The third kappa shape index (κ3) is 5.85. The molecule has 1 unspecified atom stereocenters. The Hall–Kier alpha value is -2.94. The van der Waals surface area contributed by atoms with Crippen molar-refractivity contribution in [2.24, 2.45) is 0 Å². The van der Waals surface area contributed by atoms with Crippen LogP contribution in [0.5, 0.6) is 0 Å². The summed E-state index contributed by atoms with van der Waals surface area (Å²) in [7, 11) is -3.02. The Labute approximate surface area is 183 Å². The first kappa shape index (κ1) is 23.7. The van der Waals surface area contributed by atoms with Crippen molar-refractivity contribution in [3.63, 3.8) is 0 Å². The zero-order chi connectivity index (χ0) is 23.3. The summed E-state index contributed by atoms with van der Waals surface area (Å²) >= 11 is 0. The number of ether oxygens (including phenoxy) is 1. The lowest BCUT2D eigenvalue weighted by molar-refractivity contribution is -0.142. The number of carbonyl (C=O) groups excluding carboxylic acids is 1. The van der Waals surface area contributed by atoms with E-state index < -0.39 is 34.9 Å². The molecule has 13 nitrogen and oxygen atoms in total. The van der Waals surface area contributed by atoms with Gasteiger partial charge in [-0.15, -0.1) is 0 Å². The molecule has 1 fully saturated rings. The number of fused-ring (bicyclic) bond motifs is 1. The normalized spacial score (nSPS) is 15.7. The molecule has 2 amide bonds. The molecule has 0 aliphatic heterocycles. The van der Waals surface area contributed by atoms with Crippen molar-refractivity contribution in [2.45, 2.75) is 42.8 Å². The summed E-state index contributed by atoms with van der Waals surface area (Å²) < 4.78 is 31.8. The summed E-state index contributed by atoms with van der Waals surface area (Å²) in [5, 5.41) is 23.2. The molecule has 3 rings (SSSR count).